The molecule has 11 aromatic rings. The van der Waals surface area contributed by atoms with Crippen LogP contribution in [-0.2, 0) is 5.41 Å². The van der Waals surface area contributed by atoms with E-state index in [0.29, 0.717) is 0 Å². The van der Waals surface area contributed by atoms with Gasteiger partial charge in [0.1, 0.15) is 0 Å². The van der Waals surface area contributed by atoms with Crippen LogP contribution in [0.2, 0.25) is 0 Å². The SMILES string of the molecule is c1ccc(-c2ccc(N(c3ccc(-c4ccc5c(c4)-c4c6cccc4-c4cccc-5c4-c4ccccc4-6)cc3)c3ccc4c(c3)C(c3ccccc3)(c3ccccc3)c3ccccc3-4)cc2)cc1. The summed E-state index contributed by atoms with van der Waals surface area (Å²) >= 11 is 0. The van der Waals surface area contributed by atoms with Crippen LogP contribution in [0.3, 0.4) is 0 Å². The Kier molecular flexibility index (Phi) is 8.57. The lowest BCUT2D eigenvalue weighted by Crippen LogP contribution is -2.28. The summed E-state index contributed by atoms with van der Waals surface area (Å²) < 4.78 is 0. The molecule has 1 nitrogen and oxygen atoms in total. The molecule has 14 rings (SSSR count). The Bertz CT molecular complexity index is 3690. The van der Waals surface area contributed by atoms with Crippen molar-refractivity contribution in [3.05, 3.63) is 283 Å². The van der Waals surface area contributed by atoms with Crippen molar-refractivity contribution < 1.29 is 0 Å². The van der Waals surface area contributed by atoms with E-state index < -0.39 is 5.41 Å². The molecule has 0 heterocycles. The summed E-state index contributed by atoms with van der Waals surface area (Å²) in [7, 11) is 0. The first-order chi connectivity index (χ1) is 33.7. The first kappa shape index (κ1) is 38.5. The second-order valence-corrected chi connectivity index (χ2v) is 18.3. The molecule has 0 spiro atoms. The molecule has 0 fully saturated rings. The maximum absolute atomic E-state index is 2.46. The molecule has 0 radical (unpaired) electrons. The van der Waals surface area contributed by atoms with Crippen LogP contribution in [0.25, 0.3) is 89.0 Å². The summed E-state index contributed by atoms with van der Waals surface area (Å²) in [4.78, 5) is 2.43. The van der Waals surface area contributed by atoms with Gasteiger partial charge in [0.05, 0.1) is 5.41 Å². The predicted octanol–water partition coefficient (Wildman–Crippen LogP) is 17.8. The Morgan fingerprint density at radius 1 is 0.221 bits per heavy atom. The van der Waals surface area contributed by atoms with Crippen molar-refractivity contribution in [1.29, 1.82) is 0 Å². The van der Waals surface area contributed by atoms with Gasteiger partial charge in [0.2, 0.25) is 0 Å². The monoisotopic (exact) mass is 861 g/mol. The lowest BCUT2D eigenvalue weighted by atomic mass is 9.67. The van der Waals surface area contributed by atoms with Crippen LogP contribution in [0.5, 0.6) is 0 Å². The van der Waals surface area contributed by atoms with Gasteiger partial charge < -0.3 is 4.90 Å². The molecule has 0 aromatic heterocycles. The number of anilines is 3. The fraction of sp³-hybridized carbons (Fsp3) is 0.0149. The lowest BCUT2D eigenvalue weighted by molar-refractivity contribution is 0.768. The van der Waals surface area contributed by atoms with Gasteiger partial charge in [-0.2, -0.15) is 0 Å². The van der Waals surface area contributed by atoms with Crippen molar-refractivity contribution in [2.24, 2.45) is 0 Å². The van der Waals surface area contributed by atoms with Crippen molar-refractivity contribution in [3.8, 4) is 89.0 Å². The van der Waals surface area contributed by atoms with Crippen molar-refractivity contribution in [2.45, 2.75) is 5.41 Å². The number of fused-ring (bicyclic) bond motifs is 7. The first-order valence-electron chi connectivity index (χ1n) is 23.7. The number of benzene rings is 11. The lowest BCUT2D eigenvalue weighted by Gasteiger charge is -2.35. The van der Waals surface area contributed by atoms with Crippen molar-refractivity contribution >= 4 is 17.1 Å². The summed E-state index contributed by atoms with van der Waals surface area (Å²) in [5, 5.41) is 0. The minimum atomic E-state index is -0.509. The van der Waals surface area contributed by atoms with Crippen LogP contribution in [0.15, 0.2) is 261 Å². The van der Waals surface area contributed by atoms with Gasteiger partial charge in [0, 0.05) is 17.1 Å². The fourth-order valence-electron chi connectivity index (χ4n) is 11.9. The average Bonchev–Trinajstić information content (AvgIpc) is 3.65. The first-order valence-corrected chi connectivity index (χ1v) is 23.7. The third-order valence-electron chi connectivity index (χ3n) is 14.9. The number of rotatable bonds is 7. The average molecular weight is 862 g/mol. The molecule has 0 saturated heterocycles. The second-order valence-electron chi connectivity index (χ2n) is 18.3. The number of hydrogen-bond donors (Lipinski definition) is 0. The van der Waals surface area contributed by atoms with Gasteiger partial charge in [-0.1, -0.05) is 218 Å². The highest BCUT2D eigenvalue weighted by Gasteiger charge is 2.46. The maximum atomic E-state index is 2.46. The molecular weight excluding hydrogens is 819 g/mol. The van der Waals surface area contributed by atoms with E-state index in [1.165, 1.54) is 111 Å². The third-order valence-corrected chi connectivity index (χ3v) is 14.9. The molecule has 0 amide bonds. The Morgan fingerprint density at radius 2 is 0.618 bits per heavy atom. The molecular formula is C67H43N. The van der Waals surface area contributed by atoms with Crippen LogP contribution < -0.4 is 4.90 Å². The van der Waals surface area contributed by atoms with Crippen molar-refractivity contribution in [2.75, 3.05) is 4.90 Å². The van der Waals surface area contributed by atoms with Crippen LogP contribution in [-0.4, -0.2) is 0 Å². The highest BCUT2D eigenvalue weighted by atomic mass is 15.1. The van der Waals surface area contributed by atoms with Crippen LogP contribution >= 0.6 is 0 Å². The second kappa shape index (κ2) is 15.1. The Balaban J connectivity index is 0.927. The summed E-state index contributed by atoms with van der Waals surface area (Å²) in [6, 6.07) is 96.9. The highest BCUT2D eigenvalue weighted by molar-refractivity contribution is 6.15. The minimum Gasteiger partial charge on any atom is -0.310 e. The van der Waals surface area contributed by atoms with E-state index >= 15 is 0 Å². The van der Waals surface area contributed by atoms with E-state index in [2.05, 4.69) is 266 Å². The molecule has 0 saturated carbocycles. The summed E-state index contributed by atoms with van der Waals surface area (Å²) in [5.74, 6) is 0. The topological polar surface area (TPSA) is 3.24 Å². The van der Waals surface area contributed by atoms with Gasteiger partial charge in [-0.15, -0.1) is 0 Å². The van der Waals surface area contributed by atoms with Crippen LogP contribution in [0, 0.1) is 0 Å². The van der Waals surface area contributed by atoms with E-state index in [-0.39, 0.29) is 0 Å². The molecule has 3 aliphatic carbocycles. The van der Waals surface area contributed by atoms with Crippen LogP contribution in [0.1, 0.15) is 22.3 Å². The molecule has 316 valence electrons. The molecule has 1 heteroatoms. The van der Waals surface area contributed by atoms with Gasteiger partial charge in [0.15, 0.2) is 0 Å². The minimum absolute atomic E-state index is 0.509. The van der Waals surface area contributed by atoms with Gasteiger partial charge in [-0.05, 0) is 154 Å². The molecule has 0 unspecified atom stereocenters. The van der Waals surface area contributed by atoms with Crippen molar-refractivity contribution in [3.63, 3.8) is 0 Å². The Morgan fingerprint density at radius 3 is 1.24 bits per heavy atom. The Labute approximate surface area is 397 Å². The van der Waals surface area contributed by atoms with E-state index in [0.717, 1.165) is 17.1 Å². The molecule has 0 N–H and O–H groups in total. The quantitative estimate of drug-likeness (QED) is 0.154. The normalized spacial score (nSPS) is 12.8. The zero-order valence-corrected chi connectivity index (χ0v) is 37.3. The molecule has 3 aliphatic rings. The third kappa shape index (κ3) is 5.63. The van der Waals surface area contributed by atoms with Gasteiger partial charge in [0.25, 0.3) is 0 Å². The summed E-state index contributed by atoms with van der Waals surface area (Å²) in [5.41, 5.74) is 28.2. The zero-order valence-electron chi connectivity index (χ0n) is 37.3. The molecule has 0 atom stereocenters. The zero-order chi connectivity index (χ0) is 44.8. The molecule has 11 aromatic carbocycles. The number of nitrogens with zero attached hydrogens (tertiary/aromatic N) is 1. The smallest absolute Gasteiger partial charge is 0.0714 e. The number of hydrogen-bond acceptors (Lipinski definition) is 1. The predicted molar refractivity (Wildman–Crippen MR) is 284 cm³/mol. The summed E-state index contributed by atoms with van der Waals surface area (Å²) in [6.07, 6.45) is 0. The van der Waals surface area contributed by atoms with Gasteiger partial charge in [-0.3, -0.25) is 0 Å². The standard InChI is InChI=1S/C67H43N/c1-4-16-44(17-5-1)45-30-35-50(36-31-45)68(52-39-41-56-55-23-12-13-29-63(55)67(64(56)43-52,48-18-6-2-7-19-48)49-20-8-3-9-21-49)51-37-32-46(33-38-51)47-34-40-54-59-26-15-27-60-61-28-14-25-58(66(61)62(54)42-47)53-22-10-11-24-57(53)65(59)60/h1-43H. The van der Waals surface area contributed by atoms with Crippen molar-refractivity contribution in [1.82, 2.24) is 0 Å². The largest absolute Gasteiger partial charge is 0.310 e. The molecule has 68 heavy (non-hydrogen) atoms. The summed E-state index contributed by atoms with van der Waals surface area (Å²) in [6.45, 7) is 0. The van der Waals surface area contributed by atoms with E-state index in [1.807, 2.05) is 0 Å². The highest BCUT2D eigenvalue weighted by Crippen LogP contribution is 2.59. The van der Waals surface area contributed by atoms with E-state index in [1.54, 1.807) is 0 Å². The fourth-order valence-corrected chi connectivity index (χ4v) is 11.9. The molecule has 0 aliphatic heterocycles. The van der Waals surface area contributed by atoms with Gasteiger partial charge in [-0.25, -0.2) is 0 Å². The Hall–Kier alpha value is -8.78. The van der Waals surface area contributed by atoms with E-state index in [4.69, 9.17) is 0 Å². The van der Waals surface area contributed by atoms with Gasteiger partial charge >= 0.3 is 0 Å². The van der Waals surface area contributed by atoms with Crippen LogP contribution in [0.4, 0.5) is 17.1 Å². The molecule has 6 bridgehead atoms. The van der Waals surface area contributed by atoms with E-state index in [9.17, 15) is 0 Å². The maximum Gasteiger partial charge on any atom is 0.0714 e.